The first-order valence-corrected chi connectivity index (χ1v) is 8.52. The Morgan fingerprint density at radius 3 is 2.94 bits per heavy atom. The maximum atomic E-state index is 4.64. The van der Waals surface area contributed by atoms with Crippen molar-refractivity contribution in [1.82, 2.24) is 14.7 Å². The first-order valence-electron chi connectivity index (χ1n) is 6.49. The zero-order valence-electron chi connectivity index (χ0n) is 10.9. The lowest BCUT2D eigenvalue weighted by molar-refractivity contribution is 0.477. The SMILES string of the molecule is Cc1nc2scc(C)n2c1CNC1CCSCC1. The van der Waals surface area contributed by atoms with Gasteiger partial charge < -0.3 is 5.32 Å². The lowest BCUT2D eigenvalue weighted by atomic mass is 10.1. The molecule has 18 heavy (non-hydrogen) atoms. The molecule has 0 radical (unpaired) electrons. The third-order valence-corrected chi connectivity index (χ3v) is 5.60. The molecule has 0 bridgehead atoms. The van der Waals surface area contributed by atoms with Crippen LogP contribution in [0.1, 0.15) is 29.9 Å². The second-order valence-corrected chi connectivity index (χ2v) is 6.97. The topological polar surface area (TPSA) is 29.3 Å². The van der Waals surface area contributed by atoms with Crippen molar-refractivity contribution in [1.29, 1.82) is 0 Å². The zero-order valence-corrected chi connectivity index (χ0v) is 12.5. The van der Waals surface area contributed by atoms with Crippen molar-refractivity contribution in [2.75, 3.05) is 11.5 Å². The Morgan fingerprint density at radius 1 is 1.39 bits per heavy atom. The molecule has 0 saturated carbocycles. The summed E-state index contributed by atoms with van der Waals surface area (Å²) in [6.07, 6.45) is 2.60. The minimum atomic E-state index is 0.690. The van der Waals surface area contributed by atoms with Gasteiger partial charge in [-0.1, -0.05) is 0 Å². The molecule has 1 aliphatic rings. The number of aromatic nitrogens is 2. The first kappa shape index (κ1) is 12.5. The van der Waals surface area contributed by atoms with Gasteiger partial charge in [0.25, 0.3) is 0 Å². The van der Waals surface area contributed by atoms with Gasteiger partial charge in [0.15, 0.2) is 4.96 Å². The standard InChI is InChI=1S/C13H19N3S2/c1-9-8-18-13-15-10(2)12(16(9)13)7-14-11-3-5-17-6-4-11/h8,11,14H,3-7H2,1-2H3. The molecule has 98 valence electrons. The summed E-state index contributed by atoms with van der Waals surface area (Å²) in [5.74, 6) is 2.60. The monoisotopic (exact) mass is 281 g/mol. The summed E-state index contributed by atoms with van der Waals surface area (Å²) in [7, 11) is 0. The minimum absolute atomic E-state index is 0.690. The van der Waals surface area contributed by atoms with Gasteiger partial charge in [0, 0.05) is 23.7 Å². The lowest BCUT2D eigenvalue weighted by Crippen LogP contribution is -2.32. The van der Waals surface area contributed by atoms with E-state index in [1.54, 1.807) is 11.3 Å². The number of rotatable bonds is 3. The van der Waals surface area contributed by atoms with Crippen LogP contribution in [0.4, 0.5) is 0 Å². The Labute approximate surface area is 116 Å². The third kappa shape index (κ3) is 2.31. The number of aryl methyl sites for hydroxylation is 2. The summed E-state index contributed by atoms with van der Waals surface area (Å²) < 4.78 is 2.30. The van der Waals surface area contributed by atoms with E-state index in [1.165, 1.54) is 41.4 Å². The molecule has 2 aromatic heterocycles. The lowest BCUT2D eigenvalue weighted by Gasteiger charge is -2.22. The van der Waals surface area contributed by atoms with Crippen molar-refractivity contribution in [3.8, 4) is 0 Å². The molecule has 1 saturated heterocycles. The van der Waals surface area contributed by atoms with Gasteiger partial charge in [0.2, 0.25) is 0 Å². The highest BCUT2D eigenvalue weighted by molar-refractivity contribution is 7.99. The molecule has 0 aromatic carbocycles. The maximum Gasteiger partial charge on any atom is 0.194 e. The number of hydrogen-bond acceptors (Lipinski definition) is 4. The van der Waals surface area contributed by atoms with Crippen LogP contribution in [0, 0.1) is 13.8 Å². The van der Waals surface area contributed by atoms with Crippen molar-refractivity contribution in [3.05, 3.63) is 22.5 Å². The number of fused-ring (bicyclic) bond motifs is 1. The third-order valence-electron chi connectivity index (χ3n) is 3.61. The Balaban J connectivity index is 1.77. The molecular weight excluding hydrogens is 262 g/mol. The molecule has 0 unspecified atom stereocenters. The van der Waals surface area contributed by atoms with E-state index in [1.807, 2.05) is 0 Å². The first-order chi connectivity index (χ1) is 8.75. The normalized spacial score (nSPS) is 17.7. The van der Waals surface area contributed by atoms with Gasteiger partial charge in [-0.3, -0.25) is 4.40 Å². The van der Waals surface area contributed by atoms with Crippen molar-refractivity contribution in [3.63, 3.8) is 0 Å². The Bertz CT molecular complexity index is 538. The van der Waals surface area contributed by atoms with Gasteiger partial charge in [-0.2, -0.15) is 11.8 Å². The highest BCUT2D eigenvalue weighted by Crippen LogP contribution is 2.21. The Hall–Kier alpha value is -0.520. The van der Waals surface area contributed by atoms with Crippen LogP contribution in [-0.2, 0) is 6.54 Å². The van der Waals surface area contributed by atoms with Crippen molar-refractivity contribution < 1.29 is 0 Å². The average molecular weight is 281 g/mol. The van der Waals surface area contributed by atoms with Crippen LogP contribution in [0.2, 0.25) is 0 Å². The number of nitrogens with zero attached hydrogens (tertiary/aromatic N) is 2. The molecule has 0 spiro atoms. The predicted octanol–water partition coefficient (Wildman–Crippen LogP) is 3.00. The van der Waals surface area contributed by atoms with Gasteiger partial charge in [0.05, 0.1) is 11.4 Å². The smallest absolute Gasteiger partial charge is 0.194 e. The number of nitrogens with one attached hydrogen (secondary N) is 1. The molecule has 1 fully saturated rings. The van der Waals surface area contributed by atoms with E-state index in [4.69, 9.17) is 0 Å². The van der Waals surface area contributed by atoms with Gasteiger partial charge in [-0.15, -0.1) is 11.3 Å². The van der Waals surface area contributed by atoms with Crippen LogP contribution >= 0.6 is 23.1 Å². The largest absolute Gasteiger partial charge is 0.308 e. The fourth-order valence-corrected chi connectivity index (χ4v) is 4.56. The van der Waals surface area contributed by atoms with E-state index in [2.05, 4.69) is 45.7 Å². The van der Waals surface area contributed by atoms with Gasteiger partial charge >= 0.3 is 0 Å². The Kier molecular flexibility index (Phi) is 3.63. The molecular formula is C13H19N3S2. The molecule has 5 heteroatoms. The van der Waals surface area contributed by atoms with E-state index in [0.29, 0.717) is 6.04 Å². The second-order valence-electron chi connectivity index (χ2n) is 4.91. The van der Waals surface area contributed by atoms with Gasteiger partial charge in [-0.25, -0.2) is 4.98 Å². The van der Waals surface area contributed by atoms with Crippen molar-refractivity contribution in [2.24, 2.45) is 0 Å². The van der Waals surface area contributed by atoms with E-state index in [0.717, 1.165) is 11.5 Å². The van der Waals surface area contributed by atoms with Crippen LogP contribution < -0.4 is 5.32 Å². The fraction of sp³-hybridized carbons (Fsp3) is 0.615. The molecule has 3 rings (SSSR count). The van der Waals surface area contributed by atoms with Gasteiger partial charge in [0.1, 0.15) is 0 Å². The summed E-state index contributed by atoms with van der Waals surface area (Å²) in [5, 5.41) is 5.89. The quantitative estimate of drug-likeness (QED) is 0.938. The van der Waals surface area contributed by atoms with Crippen molar-refractivity contribution in [2.45, 2.75) is 39.3 Å². The van der Waals surface area contributed by atoms with Crippen LogP contribution in [0.3, 0.4) is 0 Å². The molecule has 0 atom stereocenters. The van der Waals surface area contributed by atoms with Crippen LogP contribution in [0.25, 0.3) is 4.96 Å². The van der Waals surface area contributed by atoms with Crippen molar-refractivity contribution >= 4 is 28.1 Å². The summed E-state index contributed by atoms with van der Waals surface area (Å²) in [4.78, 5) is 5.76. The van der Waals surface area contributed by atoms with E-state index >= 15 is 0 Å². The van der Waals surface area contributed by atoms with Gasteiger partial charge in [-0.05, 0) is 38.2 Å². The number of hydrogen-bond donors (Lipinski definition) is 1. The van der Waals surface area contributed by atoms with E-state index in [9.17, 15) is 0 Å². The highest BCUT2D eigenvalue weighted by atomic mass is 32.2. The van der Waals surface area contributed by atoms with E-state index < -0.39 is 0 Å². The number of thioether (sulfide) groups is 1. The fourth-order valence-electron chi connectivity index (χ4n) is 2.52. The van der Waals surface area contributed by atoms with Crippen LogP contribution in [-0.4, -0.2) is 26.9 Å². The number of thiazole rings is 1. The summed E-state index contributed by atoms with van der Waals surface area (Å²) in [6.45, 7) is 5.22. The molecule has 3 nitrogen and oxygen atoms in total. The molecule has 1 aliphatic heterocycles. The predicted molar refractivity (Wildman–Crippen MR) is 79.7 cm³/mol. The molecule has 0 amide bonds. The summed E-state index contributed by atoms with van der Waals surface area (Å²) in [6, 6.07) is 0.690. The highest BCUT2D eigenvalue weighted by Gasteiger charge is 2.16. The molecule has 2 aromatic rings. The van der Waals surface area contributed by atoms with Crippen LogP contribution in [0.5, 0.6) is 0 Å². The van der Waals surface area contributed by atoms with E-state index in [-0.39, 0.29) is 0 Å². The Morgan fingerprint density at radius 2 is 2.17 bits per heavy atom. The maximum absolute atomic E-state index is 4.64. The summed E-state index contributed by atoms with van der Waals surface area (Å²) >= 11 is 3.81. The molecule has 0 aliphatic carbocycles. The van der Waals surface area contributed by atoms with Crippen LogP contribution in [0.15, 0.2) is 5.38 Å². The molecule has 3 heterocycles. The molecule has 1 N–H and O–H groups in total. The number of imidazole rings is 1. The zero-order chi connectivity index (χ0) is 12.5. The summed E-state index contributed by atoms with van der Waals surface area (Å²) in [5.41, 5.74) is 3.80. The average Bonchev–Trinajstić information content (AvgIpc) is 2.88. The second kappa shape index (κ2) is 5.23. The minimum Gasteiger partial charge on any atom is -0.308 e.